The highest BCUT2D eigenvalue weighted by molar-refractivity contribution is 5.78. The molecule has 3 amide bonds. The zero-order valence-electron chi connectivity index (χ0n) is 16.7. The molecule has 0 spiro atoms. The zero-order chi connectivity index (χ0) is 22.4. The number of rotatable bonds is 8. The lowest BCUT2D eigenvalue weighted by atomic mass is 10.1. The highest BCUT2D eigenvalue weighted by Gasteiger charge is 2.36. The van der Waals surface area contributed by atoms with Crippen LogP contribution in [-0.2, 0) is 17.9 Å². The van der Waals surface area contributed by atoms with Crippen LogP contribution >= 0.6 is 0 Å². The topological polar surface area (TPSA) is 110 Å². The molecule has 31 heavy (non-hydrogen) atoms. The van der Waals surface area contributed by atoms with E-state index in [-0.39, 0.29) is 48.9 Å². The summed E-state index contributed by atoms with van der Waals surface area (Å²) in [6.45, 7) is 2.72. The number of ether oxygens (including phenoxy) is 1. The van der Waals surface area contributed by atoms with Crippen LogP contribution < -0.4 is 15.4 Å². The van der Waals surface area contributed by atoms with Gasteiger partial charge >= 0.3 is 12.4 Å². The summed E-state index contributed by atoms with van der Waals surface area (Å²) in [7, 11) is 0. The number of amides is 3. The van der Waals surface area contributed by atoms with Gasteiger partial charge in [0.15, 0.2) is 5.82 Å². The molecule has 0 unspecified atom stereocenters. The number of hydrogen-bond acceptors (Lipinski definition) is 6. The van der Waals surface area contributed by atoms with Gasteiger partial charge in [0.05, 0.1) is 6.54 Å². The number of benzene rings is 1. The highest BCUT2D eigenvalue weighted by atomic mass is 19.4. The number of alkyl halides is 3. The smallest absolute Gasteiger partial charge is 0.406 e. The van der Waals surface area contributed by atoms with Crippen molar-refractivity contribution in [1.82, 2.24) is 25.7 Å². The molecule has 2 heterocycles. The second-order valence-corrected chi connectivity index (χ2v) is 6.93. The maximum Gasteiger partial charge on any atom is 0.573 e. The number of urea groups is 1. The molecule has 1 aliphatic heterocycles. The lowest BCUT2D eigenvalue weighted by Crippen LogP contribution is -2.35. The number of halogens is 3. The Hall–Kier alpha value is -3.31. The van der Waals surface area contributed by atoms with Crippen LogP contribution in [0, 0.1) is 0 Å². The van der Waals surface area contributed by atoms with E-state index in [1.54, 1.807) is 0 Å². The summed E-state index contributed by atoms with van der Waals surface area (Å²) < 4.78 is 46.0. The van der Waals surface area contributed by atoms with Crippen molar-refractivity contribution in [1.29, 1.82) is 0 Å². The number of carbonyl (C=O) groups excluding carboxylic acids is 2. The molecule has 9 nitrogen and oxygen atoms in total. The van der Waals surface area contributed by atoms with Gasteiger partial charge in [0.1, 0.15) is 11.8 Å². The summed E-state index contributed by atoms with van der Waals surface area (Å²) in [5, 5.41) is 9.11. The van der Waals surface area contributed by atoms with Crippen LogP contribution in [-0.4, -0.2) is 39.9 Å². The molecule has 12 heteroatoms. The number of carbonyl (C=O) groups is 2. The molecule has 2 N–H and O–H groups in total. The summed E-state index contributed by atoms with van der Waals surface area (Å²) in [4.78, 5) is 29.7. The van der Waals surface area contributed by atoms with Crippen LogP contribution in [0.4, 0.5) is 18.0 Å². The fourth-order valence-corrected chi connectivity index (χ4v) is 3.12. The van der Waals surface area contributed by atoms with E-state index < -0.39 is 12.4 Å². The zero-order valence-corrected chi connectivity index (χ0v) is 16.7. The summed E-state index contributed by atoms with van der Waals surface area (Å²) in [5.41, 5.74) is 0.628. The van der Waals surface area contributed by atoms with Gasteiger partial charge in [-0.25, -0.2) is 4.79 Å². The molecular weight excluding hydrogens is 419 g/mol. The van der Waals surface area contributed by atoms with Crippen LogP contribution in [0.2, 0.25) is 0 Å². The lowest BCUT2D eigenvalue weighted by molar-refractivity contribution is -0.274. The molecule has 1 saturated heterocycles. The van der Waals surface area contributed by atoms with Crippen LogP contribution in [0.1, 0.15) is 49.5 Å². The normalized spacial score (nSPS) is 16.5. The second kappa shape index (κ2) is 9.67. The van der Waals surface area contributed by atoms with Crippen LogP contribution in [0.25, 0.3) is 0 Å². The van der Waals surface area contributed by atoms with E-state index in [1.165, 1.54) is 29.2 Å². The fourth-order valence-electron chi connectivity index (χ4n) is 3.12. The first-order valence-corrected chi connectivity index (χ1v) is 9.73. The van der Waals surface area contributed by atoms with E-state index in [4.69, 9.17) is 4.52 Å². The highest BCUT2D eigenvalue weighted by Crippen LogP contribution is 2.33. The van der Waals surface area contributed by atoms with Gasteiger partial charge in [-0.3, -0.25) is 4.79 Å². The average Bonchev–Trinajstić information content (AvgIpc) is 3.32. The van der Waals surface area contributed by atoms with E-state index in [1.807, 2.05) is 6.92 Å². The van der Waals surface area contributed by atoms with Gasteiger partial charge in [-0.15, -0.1) is 13.2 Å². The Kier molecular flexibility index (Phi) is 6.98. The van der Waals surface area contributed by atoms with Crippen molar-refractivity contribution in [3.05, 3.63) is 41.5 Å². The van der Waals surface area contributed by atoms with Gasteiger partial charge in [0, 0.05) is 19.5 Å². The number of likely N-dealkylation sites (tertiary alicyclic amines) is 1. The van der Waals surface area contributed by atoms with Gasteiger partial charge in [0.2, 0.25) is 11.8 Å². The van der Waals surface area contributed by atoms with Gasteiger partial charge in [-0.1, -0.05) is 24.2 Å². The molecule has 1 aromatic heterocycles. The summed E-state index contributed by atoms with van der Waals surface area (Å²) >= 11 is 0. The summed E-state index contributed by atoms with van der Waals surface area (Å²) in [6, 6.07) is 4.51. The van der Waals surface area contributed by atoms with Crippen molar-refractivity contribution in [2.45, 2.75) is 51.7 Å². The summed E-state index contributed by atoms with van der Waals surface area (Å²) in [6.07, 6.45) is -3.20. The Morgan fingerprint density at radius 2 is 2.03 bits per heavy atom. The largest absolute Gasteiger partial charge is 0.573 e. The predicted molar refractivity (Wildman–Crippen MR) is 100 cm³/mol. The molecule has 0 radical (unpaired) electrons. The number of nitrogens with one attached hydrogen (secondary N) is 2. The molecule has 2 aromatic rings. The third-order valence-electron chi connectivity index (χ3n) is 4.55. The van der Waals surface area contributed by atoms with Gasteiger partial charge in [-0.05, 0) is 30.5 Å². The Balaban J connectivity index is 1.61. The van der Waals surface area contributed by atoms with E-state index >= 15 is 0 Å². The van der Waals surface area contributed by atoms with Crippen LogP contribution in [0.3, 0.4) is 0 Å². The lowest BCUT2D eigenvalue weighted by Gasteiger charge is -2.22. The van der Waals surface area contributed by atoms with Crippen molar-refractivity contribution in [3.8, 4) is 5.75 Å². The SMILES string of the molecule is CCCNC(=O)NCc1noc([C@@H]2CCC(=O)N2Cc2ccc(OC(F)(F)F)cc2)n1. The van der Waals surface area contributed by atoms with Crippen molar-refractivity contribution in [2.24, 2.45) is 0 Å². The molecule has 1 aromatic carbocycles. The quantitative estimate of drug-likeness (QED) is 0.652. The van der Waals surface area contributed by atoms with E-state index in [0.717, 1.165) is 6.42 Å². The van der Waals surface area contributed by atoms with Crippen molar-refractivity contribution in [2.75, 3.05) is 6.54 Å². The van der Waals surface area contributed by atoms with Gasteiger partial charge < -0.3 is 24.8 Å². The first kappa shape index (κ1) is 22.4. The molecular formula is C19H22F3N5O4. The fraction of sp³-hybridized carbons (Fsp3) is 0.474. The Morgan fingerprint density at radius 1 is 1.29 bits per heavy atom. The maximum absolute atomic E-state index is 12.3. The van der Waals surface area contributed by atoms with Crippen molar-refractivity contribution < 1.29 is 32.0 Å². The standard InChI is InChI=1S/C19H22F3N5O4/c1-2-9-23-18(29)24-10-15-25-17(31-26-15)14-7-8-16(28)27(14)11-12-3-5-13(6-4-12)30-19(20,21)22/h3-6,14H,2,7-11H2,1H3,(H2,23,24,29)/t14-/m0/s1. The molecule has 0 saturated carbocycles. The molecule has 1 fully saturated rings. The third-order valence-corrected chi connectivity index (χ3v) is 4.55. The average molecular weight is 441 g/mol. The number of aromatic nitrogens is 2. The van der Waals surface area contributed by atoms with Crippen molar-refractivity contribution in [3.63, 3.8) is 0 Å². The van der Waals surface area contributed by atoms with E-state index in [9.17, 15) is 22.8 Å². The maximum atomic E-state index is 12.3. The second-order valence-electron chi connectivity index (χ2n) is 6.93. The molecule has 1 atom stereocenters. The molecule has 1 aliphatic rings. The van der Waals surface area contributed by atoms with Gasteiger partial charge in [0.25, 0.3) is 0 Å². The molecule has 0 bridgehead atoms. The first-order chi connectivity index (χ1) is 14.7. The van der Waals surface area contributed by atoms with Crippen LogP contribution in [0.5, 0.6) is 5.75 Å². The van der Waals surface area contributed by atoms with E-state index in [0.29, 0.717) is 18.5 Å². The third kappa shape index (κ3) is 6.33. The minimum atomic E-state index is -4.77. The van der Waals surface area contributed by atoms with Crippen molar-refractivity contribution >= 4 is 11.9 Å². The minimum absolute atomic E-state index is 0.0698. The Labute approximate surface area is 175 Å². The van der Waals surface area contributed by atoms with Gasteiger partial charge in [-0.2, -0.15) is 4.98 Å². The monoisotopic (exact) mass is 441 g/mol. The minimum Gasteiger partial charge on any atom is -0.406 e. The number of nitrogens with zero attached hydrogens (tertiary/aromatic N) is 3. The Morgan fingerprint density at radius 3 is 2.71 bits per heavy atom. The molecule has 168 valence electrons. The first-order valence-electron chi connectivity index (χ1n) is 9.73. The summed E-state index contributed by atoms with van der Waals surface area (Å²) in [5.74, 6) is 0.0539. The predicted octanol–water partition coefficient (Wildman–Crippen LogP) is 3.04. The number of hydrogen-bond donors (Lipinski definition) is 2. The van der Waals surface area contributed by atoms with Crippen LogP contribution in [0.15, 0.2) is 28.8 Å². The molecule has 0 aliphatic carbocycles. The van der Waals surface area contributed by atoms with E-state index in [2.05, 4.69) is 25.5 Å². The molecule has 3 rings (SSSR count). The Bertz CT molecular complexity index is 901.